The fraction of sp³-hybridized carbons (Fsp3) is 0.333. The minimum atomic E-state index is -4.37. The van der Waals surface area contributed by atoms with Crippen LogP contribution < -0.4 is 15.4 Å². The highest BCUT2D eigenvalue weighted by atomic mass is 32.1. The lowest BCUT2D eigenvalue weighted by molar-refractivity contribution is -0.141. The summed E-state index contributed by atoms with van der Waals surface area (Å²) in [4.78, 5) is 17.1. The number of carbonyl (C=O) groups excluding carboxylic acids is 1. The van der Waals surface area contributed by atoms with E-state index < -0.39 is 24.5 Å². The van der Waals surface area contributed by atoms with E-state index in [-0.39, 0.29) is 12.5 Å². The van der Waals surface area contributed by atoms with E-state index in [1.165, 1.54) is 18.4 Å². The van der Waals surface area contributed by atoms with Crippen molar-refractivity contribution in [1.29, 1.82) is 0 Å². The first kappa shape index (κ1) is 25.6. The largest absolute Gasteiger partial charge is 0.491 e. The Kier molecular flexibility index (Phi) is 7.55. The minimum Gasteiger partial charge on any atom is -0.491 e. The number of hydrogen-bond acceptors (Lipinski definition) is 7. The van der Waals surface area contributed by atoms with Crippen molar-refractivity contribution in [2.75, 3.05) is 12.4 Å². The van der Waals surface area contributed by atoms with Crippen LogP contribution in [-0.2, 0) is 4.79 Å². The van der Waals surface area contributed by atoms with Gasteiger partial charge in [-0.1, -0.05) is 11.3 Å². The second-order valence-electron chi connectivity index (χ2n) is 8.50. The third-order valence-electron chi connectivity index (χ3n) is 5.30. The molecular weight excluding hydrogens is 493 g/mol. The molecule has 12 heteroatoms. The first-order chi connectivity index (χ1) is 17.1. The lowest BCUT2D eigenvalue weighted by Gasteiger charge is -2.18. The molecule has 0 aliphatic carbocycles. The zero-order valence-corrected chi connectivity index (χ0v) is 20.7. The molecule has 4 aromatic rings. The molecule has 2 N–H and O–H groups in total. The Morgan fingerprint density at radius 3 is 2.67 bits per heavy atom. The molecule has 3 aromatic heterocycles. The molecule has 0 saturated heterocycles. The maximum absolute atomic E-state index is 12.8. The average Bonchev–Trinajstić information content (AvgIpc) is 3.46. The van der Waals surface area contributed by atoms with Crippen molar-refractivity contribution in [1.82, 2.24) is 24.9 Å². The molecule has 4 rings (SSSR count). The number of aromatic nitrogens is 4. The van der Waals surface area contributed by atoms with E-state index in [4.69, 9.17) is 4.74 Å². The smallest absolute Gasteiger partial charge is 0.390 e. The Bertz CT molecular complexity index is 1340. The second kappa shape index (κ2) is 10.6. The van der Waals surface area contributed by atoms with Crippen molar-refractivity contribution in [3.8, 4) is 27.6 Å². The van der Waals surface area contributed by atoms with Gasteiger partial charge in [0.15, 0.2) is 0 Å². The van der Waals surface area contributed by atoms with Crippen LogP contribution in [0.4, 0.5) is 18.9 Å². The number of ether oxygens (including phenoxy) is 1. The highest BCUT2D eigenvalue weighted by Crippen LogP contribution is 2.31. The summed E-state index contributed by atoms with van der Waals surface area (Å²) in [6, 6.07) is 8.01. The summed E-state index contributed by atoms with van der Waals surface area (Å²) in [6.45, 7) is 3.76. The van der Waals surface area contributed by atoms with Crippen molar-refractivity contribution in [2.24, 2.45) is 0 Å². The number of pyridine rings is 1. The maximum Gasteiger partial charge on any atom is 0.390 e. The van der Waals surface area contributed by atoms with E-state index in [2.05, 4.69) is 25.8 Å². The van der Waals surface area contributed by atoms with Crippen LogP contribution in [0.25, 0.3) is 27.5 Å². The van der Waals surface area contributed by atoms with Crippen LogP contribution >= 0.6 is 11.3 Å². The molecular formula is C24H25F3N6O2S. The number of carbonyl (C=O) groups is 1. The number of nitrogens with zero attached hydrogens (tertiary/aromatic N) is 4. The molecule has 0 bridgehead atoms. The number of anilines is 1. The standard InChI is InChI=1S/C24H25F3N6O2S/c1-14(2)35-19-7-16(6-17(9-19)31-22(34)10-18(28-3)11-24(25,26)27)20-12-29-21-8-15(4-5-33(20)21)23-32-30-13-36-23/h4-9,12-14,18,28H,10-11H2,1-3H3,(H,31,34). The quantitative estimate of drug-likeness (QED) is 0.317. The lowest BCUT2D eigenvalue weighted by atomic mass is 10.1. The molecule has 0 spiro atoms. The number of rotatable bonds is 9. The van der Waals surface area contributed by atoms with Gasteiger partial charge in [0.25, 0.3) is 0 Å². The van der Waals surface area contributed by atoms with E-state index in [0.29, 0.717) is 17.1 Å². The van der Waals surface area contributed by atoms with Gasteiger partial charge in [0.05, 0.1) is 24.4 Å². The Morgan fingerprint density at radius 2 is 2.00 bits per heavy atom. The van der Waals surface area contributed by atoms with Crippen molar-refractivity contribution in [3.05, 3.63) is 48.2 Å². The van der Waals surface area contributed by atoms with E-state index in [1.54, 1.807) is 23.8 Å². The normalized spacial score (nSPS) is 12.8. The number of hydrogen-bond donors (Lipinski definition) is 2. The molecule has 3 heterocycles. The van der Waals surface area contributed by atoms with Crippen molar-refractivity contribution >= 4 is 28.6 Å². The number of nitrogens with one attached hydrogen (secondary N) is 2. The first-order valence-corrected chi connectivity index (χ1v) is 12.1. The summed E-state index contributed by atoms with van der Waals surface area (Å²) >= 11 is 1.43. The molecule has 1 atom stereocenters. The van der Waals surface area contributed by atoms with E-state index in [0.717, 1.165) is 21.8 Å². The van der Waals surface area contributed by atoms with Gasteiger partial charge in [-0.2, -0.15) is 13.2 Å². The molecule has 36 heavy (non-hydrogen) atoms. The Morgan fingerprint density at radius 1 is 1.19 bits per heavy atom. The van der Waals surface area contributed by atoms with Crippen LogP contribution in [0, 0.1) is 0 Å². The molecule has 1 amide bonds. The third-order valence-corrected chi connectivity index (χ3v) is 6.04. The highest BCUT2D eigenvalue weighted by molar-refractivity contribution is 7.12. The number of imidazole rings is 1. The minimum absolute atomic E-state index is 0.124. The van der Waals surface area contributed by atoms with E-state index in [1.807, 2.05) is 42.6 Å². The maximum atomic E-state index is 12.8. The summed E-state index contributed by atoms with van der Waals surface area (Å²) in [5.41, 5.74) is 5.14. The topological polar surface area (TPSA) is 93.4 Å². The zero-order chi connectivity index (χ0) is 25.9. The average molecular weight is 519 g/mol. The number of fused-ring (bicyclic) bond motifs is 1. The lowest BCUT2D eigenvalue weighted by Crippen LogP contribution is -2.34. The van der Waals surface area contributed by atoms with Crippen LogP contribution in [-0.4, -0.2) is 50.9 Å². The van der Waals surface area contributed by atoms with Crippen LogP contribution in [0.15, 0.2) is 48.2 Å². The van der Waals surface area contributed by atoms with Gasteiger partial charge in [-0.05, 0) is 45.2 Å². The van der Waals surface area contributed by atoms with Crippen molar-refractivity contribution in [3.63, 3.8) is 0 Å². The zero-order valence-electron chi connectivity index (χ0n) is 19.8. The second-order valence-corrected chi connectivity index (χ2v) is 9.33. The summed E-state index contributed by atoms with van der Waals surface area (Å²) in [5, 5.41) is 14.0. The monoisotopic (exact) mass is 518 g/mol. The molecule has 8 nitrogen and oxygen atoms in total. The van der Waals surface area contributed by atoms with Crippen molar-refractivity contribution in [2.45, 2.75) is 45.0 Å². The fourth-order valence-corrected chi connectivity index (χ4v) is 4.33. The number of halogens is 3. The number of amides is 1. The number of benzene rings is 1. The predicted octanol–water partition coefficient (Wildman–Crippen LogP) is 5.18. The first-order valence-electron chi connectivity index (χ1n) is 11.2. The van der Waals surface area contributed by atoms with Crippen LogP contribution in [0.1, 0.15) is 26.7 Å². The Labute approximate surface area is 209 Å². The summed E-state index contributed by atoms with van der Waals surface area (Å²) in [5.74, 6) is -0.0234. The van der Waals surface area contributed by atoms with Gasteiger partial charge >= 0.3 is 6.18 Å². The Balaban J connectivity index is 1.63. The molecule has 0 radical (unpaired) electrons. The van der Waals surface area contributed by atoms with Gasteiger partial charge in [-0.25, -0.2) is 4.98 Å². The van der Waals surface area contributed by atoms with E-state index in [9.17, 15) is 18.0 Å². The molecule has 1 unspecified atom stereocenters. The van der Waals surface area contributed by atoms with Gasteiger partial charge in [0.1, 0.15) is 21.9 Å². The van der Waals surface area contributed by atoms with Crippen LogP contribution in [0.5, 0.6) is 5.75 Å². The molecule has 0 fully saturated rings. The predicted molar refractivity (Wildman–Crippen MR) is 132 cm³/mol. The summed E-state index contributed by atoms with van der Waals surface area (Å²) in [6.07, 6.45) is -2.34. The van der Waals surface area contributed by atoms with Gasteiger partial charge in [0.2, 0.25) is 5.91 Å². The fourth-order valence-electron chi connectivity index (χ4n) is 3.78. The molecule has 0 aliphatic heterocycles. The van der Waals surface area contributed by atoms with Gasteiger partial charge in [-0.15, -0.1) is 10.2 Å². The summed E-state index contributed by atoms with van der Waals surface area (Å²) < 4.78 is 46.1. The van der Waals surface area contributed by atoms with Gasteiger partial charge in [0, 0.05) is 41.5 Å². The van der Waals surface area contributed by atoms with Gasteiger partial charge < -0.3 is 15.4 Å². The van der Waals surface area contributed by atoms with E-state index >= 15 is 0 Å². The molecule has 0 saturated carbocycles. The third kappa shape index (κ3) is 6.38. The number of alkyl halides is 3. The van der Waals surface area contributed by atoms with Crippen LogP contribution in [0.2, 0.25) is 0 Å². The highest BCUT2D eigenvalue weighted by Gasteiger charge is 2.32. The Hall–Kier alpha value is -3.51. The molecule has 1 aromatic carbocycles. The van der Waals surface area contributed by atoms with Crippen molar-refractivity contribution < 1.29 is 22.7 Å². The molecule has 190 valence electrons. The molecule has 0 aliphatic rings. The van der Waals surface area contributed by atoms with Crippen LogP contribution in [0.3, 0.4) is 0 Å². The summed E-state index contributed by atoms with van der Waals surface area (Å²) in [7, 11) is 1.40. The van der Waals surface area contributed by atoms with Gasteiger partial charge in [-0.3, -0.25) is 9.20 Å². The SMILES string of the molecule is CNC(CC(=O)Nc1cc(OC(C)C)cc(-c2cnc3cc(-c4nncs4)ccn23)c1)CC(F)(F)F.